The zero-order valence-corrected chi connectivity index (χ0v) is 11.3. The van der Waals surface area contributed by atoms with E-state index in [1.54, 1.807) is 6.33 Å². The van der Waals surface area contributed by atoms with E-state index < -0.39 is 0 Å². The minimum atomic E-state index is 0.249. The molecule has 0 radical (unpaired) electrons. The van der Waals surface area contributed by atoms with Crippen LogP contribution in [0.15, 0.2) is 30.6 Å². The summed E-state index contributed by atoms with van der Waals surface area (Å²) in [5.74, 6) is 1.55. The molecule has 1 aromatic heterocycles. The van der Waals surface area contributed by atoms with E-state index in [2.05, 4.69) is 44.8 Å². The van der Waals surface area contributed by atoms with Gasteiger partial charge in [0.15, 0.2) is 0 Å². The van der Waals surface area contributed by atoms with Crippen molar-refractivity contribution >= 4 is 0 Å². The lowest BCUT2D eigenvalue weighted by Gasteiger charge is -2.28. The molecule has 1 aliphatic carbocycles. The maximum atomic E-state index is 4.28. The number of H-pyrrole nitrogens is 1. The van der Waals surface area contributed by atoms with E-state index in [0.29, 0.717) is 5.92 Å². The van der Waals surface area contributed by atoms with Crippen molar-refractivity contribution in [3.05, 3.63) is 47.5 Å². The molecule has 2 unspecified atom stereocenters. The minimum Gasteiger partial charge on any atom is -0.310 e. The molecule has 0 aliphatic heterocycles. The average Bonchev–Trinajstić information content (AvgIpc) is 2.99. The van der Waals surface area contributed by atoms with Crippen molar-refractivity contribution in [3.63, 3.8) is 0 Å². The molecule has 1 aliphatic rings. The molecule has 4 heteroatoms. The van der Waals surface area contributed by atoms with E-state index in [9.17, 15) is 0 Å². The van der Waals surface area contributed by atoms with Gasteiger partial charge in [0.1, 0.15) is 12.2 Å². The number of benzene rings is 1. The first-order chi connectivity index (χ1) is 9.38. The number of aryl methyl sites for hydroxylation is 1. The molecule has 1 aromatic carbocycles. The Labute approximate surface area is 113 Å². The quantitative estimate of drug-likeness (QED) is 0.884. The van der Waals surface area contributed by atoms with Crippen LogP contribution in [0.4, 0.5) is 0 Å². The van der Waals surface area contributed by atoms with Gasteiger partial charge < -0.3 is 5.32 Å². The van der Waals surface area contributed by atoms with Crippen LogP contribution >= 0.6 is 0 Å². The van der Waals surface area contributed by atoms with Crippen LogP contribution in [0.2, 0.25) is 0 Å². The van der Waals surface area contributed by atoms with Crippen molar-refractivity contribution in [2.45, 2.75) is 37.6 Å². The molecular formula is C15H20N4. The van der Waals surface area contributed by atoms with Crippen LogP contribution in [0.3, 0.4) is 0 Å². The van der Waals surface area contributed by atoms with Gasteiger partial charge in [-0.3, -0.25) is 5.10 Å². The summed E-state index contributed by atoms with van der Waals surface area (Å²) in [5.41, 5.74) is 3.04. The highest BCUT2D eigenvalue weighted by molar-refractivity contribution is 5.32. The summed E-state index contributed by atoms with van der Waals surface area (Å²) in [6, 6.07) is 9.10. The fourth-order valence-corrected chi connectivity index (χ4v) is 3.13. The van der Waals surface area contributed by atoms with Gasteiger partial charge in [0.25, 0.3) is 0 Å². The topological polar surface area (TPSA) is 53.6 Å². The van der Waals surface area contributed by atoms with Gasteiger partial charge in [-0.25, -0.2) is 4.98 Å². The molecular weight excluding hydrogens is 236 g/mol. The van der Waals surface area contributed by atoms with E-state index in [1.165, 1.54) is 30.4 Å². The zero-order valence-electron chi connectivity index (χ0n) is 11.3. The molecule has 2 aromatic rings. The summed E-state index contributed by atoms with van der Waals surface area (Å²) in [6.45, 7) is 0. The normalized spacial score (nSPS) is 19.9. The Morgan fingerprint density at radius 3 is 3.11 bits per heavy atom. The Bertz CT molecular complexity index is 521. The third kappa shape index (κ3) is 2.54. The predicted molar refractivity (Wildman–Crippen MR) is 74.9 cm³/mol. The molecule has 0 saturated carbocycles. The molecule has 100 valence electrons. The van der Waals surface area contributed by atoms with Crippen LogP contribution in [0.1, 0.15) is 48.2 Å². The second-order valence-electron chi connectivity index (χ2n) is 5.24. The SMILES string of the molecule is CNC(CC1CCCc2ccccc21)c1ncn[nH]1. The summed E-state index contributed by atoms with van der Waals surface area (Å²) in [7, 11) is 1.99. The molecule has 2 N–H and O–H groups in total. The predicted octanol–water partition coefficient (Wildman–Crippen LogP) is 2.58. The van der Waals surface area contributed by atoms with Gasteiger partial charge in [0, 0.05) is 0 Å². The Morgan fingerprint density at radius 2 is 2.32 bits per heavy atom. The van der Waals surface area contributed by atoms with Crippen LogP contribution in [-0.2, 0) is 6.42 Å². The number of aromatic amines is 1. The molecule has 0 amide bonds. The first-order valence-corrected chi connectivity index (χ1v) is 6.99. The minimum absolute atomic E-state index is 0.249. The zero-order chi connectivity index (χ0) is 13.1. The lowest BCUT2D eigenvalue weighted by Crippen LogP contribution is -2.22. The number of hydrogen-bond acceptors (Lipinski definition) is 3. The van der Waals surface area contributed by atoms with E-state index in [1.807, 2.05) is 7.05 Å². The maximum Gasteiger partial charge on any atom is 0.141 e. The smallest absolute Gasteiger partial charge is 0.141 e. The lowest BCUT2D eigenvalue weighted by atomic mass is 9.79. The number of nitrogens with zero attached hydrogens (tertiary/aromatic N) is 2. The number of fused-ring (bicyclic) bond motifs is 1. The third-order valence-corrected chi connectivity index (χ3v) is 4.13. The second kappa shape index (κ2) is 5.53. The van der Waals surface area contributed by atoms with Crippen LogP contribution < -0.4 is 5.32 Å². The average molecular weight is 256 g/mol. The highest BCUT2D eigenvalue weighted by Crippen LogP contribution is 2.36. The van der Waals surface area contributed by atoms with Crippen LogP contribution in [0.5, 0.6) is 0 Å². The molecule has 0 fully saturated rings. The van der Waals surface area contributed by atoms with Crippen LogP contribution in [-0.4, -0.2) is 22.2 Å². The van der Waals surface area contributed by atoms with Gasteiger partial charge in [-0.15, -0.1) is 0 Å². The van der Waals surface area contributed by atoms with Gasteiger partial charge in [0.05, 0.1) is 6.04 Å². The monoisotopic (exact) mass is 256 g/mol. The van der Waals surface area contributed by atoms with Crippen molar-refractivity contribution in [1.29, 1.82) is 0 Å². The van der Waals surface area contributed by atoms with E-state index in [-0.39, 0.29) is 6.04 Å². The molecule has 3 rings (SSSR count). The Balaban J connectivity index is 1.80. The van der Waals surface area contributed by atoms with Gasteiger partial charge in [0.2, 0.25) is 0 Å². The summed E-state index contributed by atoms with van der Waals surface area (Å²) in [5, 5.41) is 10.3. The number of aromatic nitrogens is 3. The van der Waals surface area contributed by atoms with Gasteiger partial charge in [-0.05, 0) is 49.8 Å². The van der Waals surface area contributed by atoms with Crippen molar-refractivity contribution in [2.24, 2.45) is 0 Å². The first-order valence-electron chi connectivity index (χ1n) is 6.99. The summed E-state index contributed by atoms with van der Waals surface area (Å²) >= 11 is 0. The summed E-state index contributed by atoms with van der Waals surface area (Å²) in [4.78, 5) is 4.28. The Hall–Kier alpha value is -1.68. The maximum absolute atomic E-state index is 4.28. The fourth-order valence-electron chi connectivity index (χ4n) is 3.13. The number of nitrogens with one attached hydrogen (secondary N) is 2. The third-order valence-electron chi connectivity index (χ3n) is 4.13. The fraction of sp³-hybridized carbons (Fsp3) is 0.467. The van der Waals surface area contributed by atoms with Crippen molar-refractivity contribution in [1.82, 2.24) is 20.5 Å². The summed E-state index contributed by atoms with van der Waals surface area (Å²) < 4.78 is 0. The van der Waals surface area contributed by atoms with Gasteiger partial charge >= 0.3 is 0 Å². The first kappa shape index (κ1) is 12.4. The van der Waals surface area contributed by atoms with Crippen LogP contribution in [0.25, 0.3) is 0 Å². The molecule has 19 heavy (non-hydrogen) atoms. The van der Waals surface area contributed by atoms with Crippen molar-refractivity contribution in [3.8, 4) is 0 Å². The molecule has 0 saturated heterocycles. The Kier molecular flexibility index (Phi) is 3.60. The van der Waals surface area contributed by atoms with E-state index >= 15 is 0 Å². The second-order valence-corrected chi connectivity index (χ2v) is 5.24. The standard InChI is InChI=1S/C15H20N4/c1-16-14(15-17-10-18-19-15)9-12-7-4-6-11-5-2-3-8-13(11)12/h2-3,5,8,10,12,14,16H,4,6-7,9H2,1H3,(H,17,18,19). The Morgan fingerprint density at radius 1 is 1.42 bits per heavy atom. The highest BCUT2D eigenvalue weighted by atomic mass is 15.2. The van der Waals surface area contributed by atoms with Crippen LogP contribution in [0, 0.1) is 0 Å². The molecule has 4 nitrogen and oxygen atoms in total. The molecule has 2 atom stereocenters. The largest absolute Gasteiger partial charge is 0.310 e. The highest BCUT2D eigenvalue weighted by Gasteiger charge is 2.24. The van der Waals surface area contributed by atoms with Gasteiger partial charge in [-0.1, -0.05) is 24.3 Å². The van der Waals surface area contributed by atoms with Gasteiger partial charge in [-0.2, -0.15) is 5.10 Å². The molecule has 0 spiro atoms. The van der Waals surface area contributed by atoms with Crippen molar-refractivity contribution < 1.29 is 0 Å². The molecule has 1 heterocycles. The van der Waals surface area contributed by atoms with Crippen molar-refractivity contribution in [2.75, 3.05) is 7.05 Å². The molecule has 0 bridgehead atoms. The van der Waals surface area contributed by atoms with E-state index in [4.69, 9.17) is 0 Å². The van der Waals surface area contributed by atoms with E-state index in [0.717, 1.165) is 12.2 Å². The summed E-state index contributed by atoms with van der Waals surface area (Å²) in [6.07, 6.45) is 6.42. The number of hydrogen-bond donors (Lipinski definition) is 2. The number of rotatable bonds is 4. The lowest BCUT2D eigenvalue weighted by molar-refractivity contribution is 0.427.